The number of amides is 4. The van der Waals surface area contributed by atoms with E-state index in [1.165, 1.54) is 0 Å². The van der Waals surface area contributed by atoms with Crippen LogP contribution in [0.5, 0.6) is 0 Å². The largest absolute Gasteiger partial charge is 0.360 e. The first-order valence-electron chi connectivity index (χ1n) is 9.61. The average molecular weight is 404 g/mol. The van der Waals surface area contributed by atoms with Gasteiger partial charge in [-0.2, -0.15) is 0 Å². The van der Waals surface area contributed by atoms with Crippen LogP contribution in [0.15, 0.2) is 6.07 Å². The lowest BCUT2D eigenvalue weighted by Crippen LogP contribution is -2.54. The van der Waals surface area contributed by atoms with Crippen LogP contribution in [0.4, 0.5) is 14.5 Å². The molecular formula is C19H18F2N4O4. The van der Waals surface area contributed by atoms with Gasteiger partial charge in [0.25, 0.3) is 11.8 Å². The summed E-state index contributed by atoms with van der Waals surface area (Å²) in [5.74, 6) is -5.29. The van der Waals surface area contributed by atoms with Gasteiger partial charge in [0.05, 0.1) is 16.8 Å². The van der Waals surface area contributed by atoms with Gasteiger partial charge in [0, 0.05) is 31.6 Å². The van der Waals surface area contributed by atoms with E-state index in [9.17, 15) is 28.0 Å². The molecule has 5 rings (SSSR count). The first-order chi connectivity index (χ1) is 13.9. The van der Waals surface area contributed by atoms with Gasteiger partial charge in [-0.3, -0.25) is 29.4 Å². The molecule has 0 radical (unpaired) electrons. The van der Waals surface area contributed by atoms with Crippen molar-refractivity contribution in [1.82, 2.24) is 15.5 Å². The highest BCUT2D eigenvalue weighted by molar-refractivity contribution is 6.25. The Morgan fingerprint density at radius 2 is 1.66 bits per heavy atom. The van der Waals surface area contributed by atoms with Crippen molar-refractivity contribution in [3.8, 4) is 0 Å². The van der Waals surface area contributed by atoms with E-state index in [0.717, 1.165) is 23.8 Å². The second kappa shape index (κ2) is 6.31. The van der Waals surface area contributed by atoms with Gasteiger partial charge >= 0.3 is 0 Å². The number of carbonyl (C=O) groups is 4. The van der Waals surface area contributed by atoms with E-state index in [1.54, 1.807) is 4.90 Å². The Morgan fingerprint density at radius 1 is 0.966 bits per heavy atom. The highest BCUT2D eigenvalue weighted by Gasteiger charge is 2.49. The molecule has 0 spiro atoms. The lowest BCUT2D eigenvalue weighted by molar-refractivity contribution is -0.136. The summed E-state index contributed by atoms with van der Waals surface area (Å²) in [6.07, 6.45) is 1.49. The van der Waals surface area contributed by atoms with Crippen molar-refractivity contribution in [3.63, 3.8) is 0 Å². The summed E-state index contributed by atoms with van der Waals surface area (Å²) in [6.45, 7) is 1.14. The standard InChI is InChI=1S/C19H18F2N4O4/c20-11-5-10-14(16(15(11)21)24-8-1-2-9(24)7-22-6-8)19(29)25(18(10)28)12-3-4-13(26)23-17(12)27/h5,8-9,12,22H,1-4,6-7H2,(H,23,26,27)/t8-,9+,12?. The Labute approximate surface area is 164 Å². The number of anilines is 1. The summed E-state index contributed by atoms with van der Waals surface area (Å²) >= 11 is 0. The smallest absolute Gasteiger partial charge is 0.264 e. The summed E-state index contributed by atoms with van der Waals surface area (Å²) in [5, 5.41) is 5.34. The van der Waals surface area contributed by atoms with Crippen molar-refractivity contribution in [3.05, 3.63) is 28.8 Å². The minimum atomic E-state index is -1.21. The van der Waals surface area contributed by atoms with Crippen LogP contribution >= 0.6 is 0 Å². The van der Waals surface area contributed by atoms with E-state index in [4.69, 9.17) is 0 Å². The SMILES string of the molecule is O=C1CCC(N2C(=O)c3cc(F)c(F)c(N4[C@@H]5CC[C@H]4CNC5)c3C2=O)C(=O)N1. The number of piperazine rings is 1. The molecule has 1 unspecified atom stereocenters. The summed E-state index contributed by atoms with van der Waals surface area (Å²) in [5.41, 5.74) is -0.633. The normalized spacial score (nSPS) is 28.8. The van der Waals surface area contributed by atoms with Crippen LogP contribution in [0, 0.1) is 11.6 Å². The Morgan fingerprint density at radius 3 is 2.31 bits per heavy atom. The summed E-state index contributed by atoms with van der Waals surface area (Å²) in [6, 6.07) is -0.674. The Bertz CT molecular complexity index is 965. The molecule has 0 saturated carbocycles. The van der Waals surface area contributed by atoms with Gasteiger partial charge in [0.15, 0.2) is 11.6 Å². The molecule has 4 heterocycles. The van der Waals surface area contributed by atoms with E-state index in [-0.39, 0.29) is 41.7 Å². The molecule has 152 valence electrons. The number of benzene rings is 1. The molecule has 0 aromatic heterocycles. The van der Waals surface area contributed by atoms with E-state index < -0.39 is 41.3 Å². The number of piperidine rings is 1. The molecule has 2 N–H and O–H groups in total. The van der Waals surface area contributed by atoms with Crippen LogP contribution in [0.1, 0.15) is 46.4 Å². The van der Waals surface area contributed by atoms with Gasteiger partial charge in [-0.15, -0.1) is 0 Å². The fourth-order valence-corrected chi connectivity index (χ4v) is 4.94. The van der Waals surface area contributed by atoms with Gasteiger partial charge in [0.2, 0.25) is 11.8 Å². The maximum atomic E-state index is 15.0. The highest BCUT2D eigenvalue weighted by Crippen LogP contribution is 2.42. The van der Waals surface area contributed by atoms with Gasteiger partial charge in [0.1, 0.15) is 6.04 Å². The second-order valence-corrected chi connectivity index (χ2v) is 7.84. The molecule has 4 aliphatic heterocycles. The third kappa shape index (κ3) is 2.51. The number of nitrogens with zero attached hydrogens (tertiary/aromatic N) is 2. The Kier molecular flexibility index (Phi) is 3.95. The fraction of sp³-hybridized carbons (Fsp3) is 0.474. The third-order valence-corrected chi connectivity index (χ3v) is 6.24. The van der Waals surface area contributed by atoms with Gasteiger partial charge in [-0.1, -0.05) is 0 Å². The van der Waals surface area contributed by atoms with Crippen molar-refractivity contribution in [2.75, 3.05) is 18.0 Å². The van der Waals surface area contributed by atoms with E-state index in [0.29, 0.717) is 13.1 Å². The molecular weight excluding hydrogens is 386 g/mol. The first kappa shape index (κ1) is 18.2. The number of nitrogens with one attached hydrogen (secondary N) is 2. The number of hydrogen-bond donors (Lipinski definition) is 2. The van der Waals surface area contributed by atoms with E-state index in [1.807, 2.05) is 0 Å². The number of hydrogen-bond acceptors (Lipinski definition) is 6. The minimum Gasteiger partial charge on any atom is -0.360 e. The topological polar surface area (TPSA) is 98.8 Å². The third-order valence-electron chi connectivity index (χ3n) is 6.24. The van der Waals surface area contributed by atoms with Crippen LogP contribution < -0.4 is 15.5 Å². The van der Waals surface area contributed by atoms with Gasteiger partial charge in [-0.25, -0.2) is 8.78 Å². The van der Waals surface area contributed by atoms with Crippen molar-refractivity contribution >= 4 is 29.3 Å². The molecule has 10 heteroatoms. The number of carbonyl (C=O) groups excluding carboxylic acids is 4. The molecule has 3 atom stereocenters. The molecule has 4 amide bonds. The quantitative estimate of drug-likeness (QED) is 0.689. The fourth-order valence-electron chi connectivity index (χ4n) is 4.94. The van der Waals surface area contributed by atoms with Crippen LogP contribution in [0.2, 0.25) is 0 Å². The van der Waals surface area contributed by atoms with Gasteiger partial charge in [-0.05, 0) is 25.3 Å². The van der Waals surface area contributed by atoms with Crippen molar-refractivity contribution < 1.29 is 28.0 Å². The number of imide groups is 2. The first-order valence-corrected chi connectivity index (χ1v) is 9.61. The van der Waals surface area contributed by atoms with E-state index in [2.05, 4.69) is 10.6 Å². The Hall–Kier alpha value is -2.88. The summed E-state index contributed by atoms with van der Waals surface area (Å²) in [4.78, 5) is 52.2. The predicted molar refractivity (Wildman–Crippen MR) is 95.2 cm³/mol. The monoisotopic (exact) mass is 404 g/mol. The molecule has 2 bridgehead atoms. The highest BCUT2D eigenvalue weighted by atomic mass is 19.2. The average Bonchev–Trinajstić information content (AvgIpc) is 3.05. The van der Waals surface area contributed by atoms with Crippen LogP contribution in [0.25, 0.3) is 0 Å². The molecule has 3 fully saturated rings. The van der Waals surface area contributed by atoms with Crippen LogP contribution in [-0.4, -0.2) is 59.7 Å². The maximum Gasteiger partial charge on any atom is 0.264 e. The molecule has 3 saturated heterocycles. The Balaban J connectivity index is 1.62. The van der Waals surface area contributed by atoms with Crippen molar-refractivity contribution in [2.45, 2.75) is 43.8 Å². The molecule has 1 aromatic carbocycles. The van der Waals surface area contributed by atoms with E-state index >= 15 is 0 Å². The molecule has 29 heavy (non-hydrogen) atoms. The minimum absolute atomic E-state index is 0.0185. The predicted octanol–water partition coefficient (Wildman–Crippen LogP) is 0.307. The van der Waals surface area contributed by atoms with Crippen molar-refractivity contribution in [2.24, 2.45) is 0 Å². The number of fused-ring (bicyclic) bond motifs is 3. The molecule has 4 aliphatic rings. The molecule has 1 aromatic rings. The summed E-state index contributed by atoms with van der Waals surface area (Å²) in [7, 11) is 0. The zero-order valence-electron chi connectivity index (χ0n) is 15.3. The molecule has 8 nitrogen and oxygen atoms in total. The maximum absolute atomic E-state index is 15.0. The zero-order valence-corrected chi connectivity index (χ0v) is 15.3. The van der Waals surface area contributed by atoms with Crippen LogP contribution in [0.3, 0.4) is 0 Å². The summed E-state index contributed by atoms with van der Waals surface area (Å²) < 4.78 is 29.4. The van der Waals surface area contributed by atoms with Crippen molar-refractivity contribution in [1.29, 1.82) is 0 Å². The molecule has 0 aliphatic carbocycles. The zero-order chi connectivity index (χ0) is 20.4. The lowest BCUT2D eigenvalue weighted by Gasteiger charge is -2.38. The van der Waals surface area contributed by atoms with Crippen LogP contribution in [-0.2, 0) is 9.59 Å². The number of halogens is 2. The number of rotatable bonds is 2. The van der Waals surface area contributed by atoms with Gasteiger partial charge < -0.3 is 10.2 Å². The second-order valence-electron chi connectivity index (χ2n) is 7.84. The lowest BCUT2D eigenvalue weighted by atomic mass is 10.0.